The quantitative estimate of drug-likeness (QED) is 0.176. The average molecular weight is 575 g/mol. The summed E-state index contributed by atoms with van der Waals surface area (Å²) in [5, 5.41) is 10.8. The molecule has 0 aliphatic carbocycles. The largest absolute Gasteiger partial charge is 0.504 e. The molecular weight excluding hydrogens is 536 g/mol. The molecule has 0 saturated carbocycles. The van der Waals surface area contributed by atoms with Crippen molar-refractivity contribution in [1.29, 1.82) is 0 Å². The number of ether oxygens (including phenoxy) is 7. The molecule has 0 saturated heterocycles. The molecule has 0 fully saturated rings. The van der Waals surface area contributed by atoms with Gasteiger partial charge in [-0.1, -0.05) is 12.1 Å². The molecule has 0 aliphatic heterocycles. The summed E-state index contributed by atoms with van der Waals surface area (Å²) in [7, 11) is 9.56. The highest BCUT2D eigenvalue weighted by Gasteiger charge is 2.17. The Bertz CT molecular complexity index is 1470. The van der Waals surface area contributed by atoms with E-state index < -0.39 is 0 Å². The topological polar surface area (TPSA) is 84.8 Å². The van der Waals surface area contributed by atoms with Crippen LogP contribution in [0, 0.1) is 0 Å². The van der Waals surface area contributed by atoms with Gasteiger partial charge < -0.3 is 38.3 Å². The molecule has 42 heavy (non-hydrogen) atoms. The van der Waals surface area contributed by atoms with Gasteiger partial charge in [-0.05, 0) is 96.5 Å². The van der Waals surface area contributed by atoms with Crippen LogP contribution < -0.4 is 33.2 Å². The van der Waals surface area contributed by atoms with Crippen LogP contribution in [0.3, 0.4) is 0 Å². The van der Waals surface area contributed by atoms with Crippen LogP contribution in [0.4, 0.5) is 0 Å². The lowest BCUT2D eigenvalue weighted by molar-refractivity contribution is 0.324. The van der Waals surface area contributed by atoms with Crippen LogP contribution in [0.15, 0.2) is 66.7 Å². The van der Waals surface area contributed by atoms with Crippen molar-refractivity contribution in [3.63, 3.8) is 0 Å². The summed E-state index contributed by atoms with van der Waals surface area (Å²) in [4.78, 5) is 0. The molecular formula is C34H38O8. The normalized spacial score (nSPS) is 10.6. The highest BCUT2D eigenvalue weighted by atomic mass is 16.5. The summed E-state index contributed by atoms with van der Waals surface area (Å²) < 4.78 is 39.1. The third kappa shape index (κ3) is 7.32. The van der Waals surface area contributed by atoms with Crippen molar-refractivity contribution in [3.05, 3.63) is 89.0 Å². The molecule has 4 rings (SSSR count). The van der Waals surface area contributed by atoms with Crippen molar-refractivity contribution in [2.45, 2.75) is 25.7 Å². The van der Waals surface area contributed by atoms with Gasteiger partial charge >= 0.3 is 0 Å². The average Bonchev–Trinajstić information content (AvgIpc) is 3.02. The molecule has 0 unspecified atom stereocenters. The van der Waals surface area contributed by atoms with Crippen molar-refractivity contribution in [2.24, 2.45) is 0 Å². The highest BCUT2D eigenvalue weighted by Crippen LogP contribution is 2.42. The zero-order chi connectivity index (χ0) is 30.1. The van der Waals surface area contributed by atoms with Crippen molar-refractivity contribution in [3.8, 4) is 51.7 Å². The number of methoxy groups -OCH3 is 6. The van der Waals surface area contributed by atoms with Gasteiger partial charge in [0, 0.05) is 6.07 Å². The Balaban J connectivity index is 1.56. The van der Waals surface area contributed by atoms with E-state index in [-0.39, 0.29) is 11.5 Å². The van der Waals surface area contributed by atoms with Gasteiger partial charge in [0.2, 0.25) is 11.5 Å². The molecule has 8 heteroatoms. The third-order valence-corrected chi connectivity index (χ3v) is 6.97. The van der Waals surface area contributed by atoms with E-state index in [4.69, 9.17) is 33.2 Å². The standard InChI is InChI=1S/C34H38O8/c1-36-26-9-7-8-22(14-26)10-11-23-15-27(37-2)21-28(16-23)42-32-20-24(17-29(35)33(32)40-5)12-13-25-18-30(38-3)34(41-6)31(19-25)39-4/h7-9,14-21,35H,10-13H2,1-6H3. The number of hydrogen-bond donors (Lipinski definition) is 1. The minimum atomic E-state index is -0.00367. The Morgan fingerprint density at radius 3 is 1.57 bits per heavy atom. The molecule has 8 nitrogen and oxygen atoms in total. The predicted octanol–water partition coefficient (Wildman–Crippen LogP) is 6.81. The predicted molar refractivity (Wildman–Crippen MR) is 162 cm³/mol. The number of benzene rings is 4. The molecule has 0 atom stereocenters. The van der Waals surface area contributed by atoms with Crippen molar-refractivity contribution in [1.82, 2.24) is 0 Å². The zero-order valence-electron chi connectivity index (χ0n) is 25.0. The van der Waals surface area contributed by atoms with E-state index in [0.29, 0.717) is 47.3 Å². The van der Waals surface area contributed by atoms with E-state index in [1.54, 1.807) is 41.6 Å². The summed E-state index contributed by atoms with van der Waals surface area (Å²) in [5.74, 6) is 4.47. The second kappa shape index (κ2) is 14.3. The van der Waals surface area contributed by atoms with Crippen molar-refractivity contribution >= 4 is 0 Å². The molecule has 0 amide bonds. The number of aryl methyl sites for hydroxylation is 4. The first-order chi connectivity index (χ1) is 20.4. The molecule has 1 N–H and O–H groups in total. The smallest absolute Gasteiger partial charge is 0.203 e. The Labute approximate surface area is 247 Å². The number of phenols is 1. The van der Waals surface area contributed by atoms with Crippen LogP contribution in [0.5, 0.6) is 51.7 Å². The van der Waals surface area contributed by atoms with Gasteiger partial charge in [-0.3, -0.25) is 0 Å². The van der Waals surface area contributed by atoms with Gasteiger partial charge in [0.05, 0.1) is 42.7 Å². The summed E-state index contributed by atoms with van der Waals surface area (Å²) in [5.41, 5.74) is 4.09. The minimum absolute atomic E-state index is 0.00367. The van der Waals surface area contributed by atoms with E-state index in [9.17, 15) is 5.11 Å². The van der Waals surface area contributed by atoms with Crippen LogP contribution in [0.25, 0.3) is 0 Å². The maximum atomic E-state index is 10.8. The summed E-state index contributed by atoms with van der Waals surface area (Å²) in [6, 6.07) is 21.2. The molecule has 222 valence electrons. The summed E-state index contributed by atoms with van der Waals surface area (Å²) in [6.45, 7) is 0. The number of phenolic OH excluding ortho intramolecular Hbond substituents is 1. The number of hydrogen-bond acceptors (Lipinski definition) is 8. The lowest BCUT2D eigenvalue weighted by Gasteiger charge is -2.16. The molecule has 0 aliphatic rings. The van der Waals surface area contributed by atoms with Gasteiger partial charge in [0.1, 0.15) is 17.2 Å². The van der Waals surface area contributed by atoms with E-state index >= 15 is 0 Å². The lowest BCUT2D eigenvalue weighted by Crippen LogP contribution is -1.99. The van der Waals surface area contributed by atoms with Crippen molar-refractivity contribution in [2.75, 3.05) is 42.7 Å². The minimum Gasteiger partial charge on any atom is -0.504 e. The SMILES string of the molecule is COc1cccc(CCc2cc(OC)cc(Oc3cc(CCc4cc(OC)c(OC)c(OC)c4)cc(O)c3OC)c2)c1. The van der Waals surface area contributed by atoms with Gasteiger partial charge in [-0.2, -0.15) is 0 Å². The van der Waals surface area contributed by atoms with Gasteiger partial charge in [0.15, 0.2) is 23.0 Å². The molecule has 0 radical (unpaired) electrons. The van der Waals surface area contributed by atoms with Crippen LogP contribution in [-0.2, 0) is 25.7 Å². The first kappa shape index (κ1) is 30.2. The summed E-state index contributed by atoms with van der Waals surface area (Å²) in [6.07, 6.45) is 2.88. The number of aromatic hydroxyl groups is 1. The van der Waals surface area contributed by atoms with E-state index in [1.807, 2.05) is 54.6 Å². The molecule has 4 aromatic carbocycles. The monoisotopic (exact) mass is 574 g/mol. The van der Waals surface area contributed by atoms with Gasteiger partial charge in [-0.15, -0.1) is 0 Å². The second-order valence-corrected chi connectivity index (χ2v) is 9.65. The highest BCUT2D eigenvalue weighted by molar-refractivity contribution is 5.56. The van der Waals surface area contributed by atoms with Crippen LogP contribution in [-0.4, -0.2) is 47.8 Å². The lowest BCUT2D eigenvalue weighted by atomic mass is 10.0. The number of rotatable bonds is 14. The fraction of sp³-hybridized carbons (Fsp3) is 0.294. The van der Waals surface area contributed by atoms with E-state index in [1.165, 1.54) is 12.7 Å². The first-order valence-electron chi connectivity index (χ1n) is 13.6. The molecule has 0 heterocycles. The molecule has 4 aromatic rings. The Hall–Kier alpha value is -4.72. The molecule has 0 bridgehead atoms. The van der Waals surface area contributed by atoms with Gasteiger partial charge in [0.25, 0.3) is 0 Å². The summed E-state index contributed by atoms with van der Waals surface area (Å²) >= 11 is 0. The fourth-order valence-electron chi connectivity index (χ4n) is 4.83. The fourth-order valence-corrected chi connectivity index (χ4v) is 4.83. The van der Waals surface area contributed by atoms with E-state index in [0.717, 1.165) is 35.3 Å². The van der Waals surface area contributed by atoms with E-state index in [2.05, 4.69) is 6.07 Å². The Morgan fingerprint density at radius 1 is 0.452 bits per heavy atom. The molecule has 0 spiro atoms. The third-order valence-electron chi connectivity index (χ3n) is 6.97. The Kier molecular flexibility index (Phi) is 10.3. The zero-order valence-corrected chi connectivity index (χ0v) is 25.0. The Morgan fingerprint density at radius 2 is 0.976 bits per heavy atom. The first-order valence-corrected chi connectivity index (χ1v) is 13.6. The maximum absolute atomic E-state index is 10.8. The maximum Gasteiger partial charge on any atom is 0.203 e. The molecule has 0 aromatic heterocycles. The van der Waals surface area contributed by atoms with Crippen LogP contribution >= 0.6 is 0 Å². The van der Waals surface area contributed by atoms with Crippen LogP contribution in [0.1, 0.15) is 22.3 Å². The second-order valence-electron chi connectivity index (χ2n) is 9.65. The van der Waals surface area contributed by atoms with Gasteiger partial charge in [-0.25, -0.2) is 0 Å². The van der Waals surface area contributed by atoms with Crippen LogP contribution in [0.2, 0.25) is 0 Å². The van der Waals surface area contributed by atoms with Crippen molar-refractivity contribution < 1.29 is 38.3 Å².